The molecule has 7 nitrogen and oxygen atoms in total. The Hall–Kier alpha value is -2.93. The zero-order valence-electron chi connectivity index (χ0n) is 15.6. The number of imidazole rings is 1. The number of carbonyl (C=O) groups excluding carboxylic acids is 1. The molecule has 0 atom stereocenters. The van der Waals surface area contributed by atoms with Gasteiger partial charge in [0.15, 0.2) is 5.65 Å². The lowest BCUT2D eigenvalue weighted by Crippen LogP contribution is -2.23. The van der Waals surface area contributed by atoms with Gasteiger partial charge in [-0.15, -0.1) is 0 Å². The summed E-state index contributed by atoms with van der Waals surface area (Å²) < 4.78 is 13.1. The van der Waals surface area contributed by atoms with Crippen molar-refractivity contribution in [3.8, 4) is 5.75 Å². The van der Waals surface area contributed by atoms with Crippen LogP contribution in [0.2, 0.25) is 0 Å². The number of hydrogen-bond donors (Lipinski definition) is 1. The van der Waals surface area contributed by atoms with Gasteiger partial charge in [-0.2, -0.15) is 0 Å². The number of carbonyl (C=O) groups is 1. The minimum Gasteiger partial charge on any atom is -0.493 e. The van der Waals surface area contributed by atoms with Gasteiger partial charge in [0.2, 0.25) is 0 Å². The van der Waals surface area contributed by atoms with Crippen molar-refractivity contribution in [1.82, 2.24) is 19.9 Å². The zero-order chi connectivity index (χ0) is 18.9. The molecule has 0 unspecified atom stereocenters. The Morgan fingerprint density at radius 1 is 1.18 bits per heavy atom. The van der Waals surface area contributed by atoms with Gasteiger partial charge in [-0.05, 0) is 36.1 Å². The number of amides is 1. The number of fused-ring (bicyclic) bond motifs is 2. The predicted molar refractivity (Wildman–Crippen MR) is 103 cm³/mol. The first-order chi connectivity index (χ1) is 13.8. The maximum Gasteiger partial charge on any atom is 0.253 e. The number of hydrogen-bond acceptors (Lipinski definition) is 5. The summed E-state index contributed by atoms with van der Waals surface area (Å²) in [5, 5.41) is 2.97. The molecule has 144 valence electrons. The number of rotatable bonds is 4. The largest absolute Gasteiger partial charge is 0.493 e. The fraction of sp³-hybridized carbons (Fsp3) is 0.381. The molecular formula is C21H22N4O3. The van der Waals surface area contributed by atoms with Crippen LogP contribution < -0.4 is 10.1 Å². The fourth-order valence-corrected chi connectivity index (χ4v) is 3.91. The molecule has 0 spiro atoms. The van der Waals surface area contributed by atoms with E-state index in [-0.39, 0.29) is 5.91 Å². The van der Waals surface area contributed by atoms with Crippen LogP contribution in [0.1, 0.15) is 40.4 Å². The summed E-state index contributed by atoms with van der Waals surface area (Å²) in [4.78, 5) is 21.6. The molecule has 2 aromatic heterocycles. The Morgan fingerprint density at radius 2 is 2.07 bits per heavy atom. The first-order valence-electron chi connectivity index (χ1n) is 9.71. The van der Waals surface area contributed by atoms with E-state index in [1.807, 2.05) is 24.5 Å². The summed E-state index contributed by atoms with van der Waals surface area (Å²) in [5.74, 6) is 0.802. The molecule has 7 heteroatoms. The summed E-state index contributed by atoms with van der Waals surface area (Å²) in [5.41, 5.74) is 4.36. The standard InChI is InChI=1S/C21H22N4O3/c26-21(23-11-14-1-2-19-15(9-14)3-8-28-19)16-10-18-20(22-12-16)25(13-24-18)17-4-6-27-7-5-17/h1-2,9-10,12-13,17H,3-8,11H2,(H,23,26). The second-order valence-corrected chi connectivity index (χ2v) is 7.29. The van der Waals surface area contributed by atoms with E-state index in [2.05, 4.69) is 25.9 Å². The fourth-order valence-electron chi connectivity index (χ4n) is 3.91. The van der Waals surface area contributed by atoms with Crippen molar-refractivity contribution in [3.05, 3.63) is 53.5 Å². The number of benzene rings is 1. The van der Waals surface area contributed by atoms with Crippen LogP contribution in [0, 0.1) is 0 Å². The lowest BCUT2D eigenvalue weighted by Gasteiger charge is -2.23. The van der Waals surface area contributed by atoms with Gasteiger partial charge in [-0.25, -0.2) is 9.97 Å². The van der Waals surface area contributed by atoms with E-state index in [1.165, 1.54) is 5.56 Å². The van der Waals surface area contributed by atoms with E-state index in [0.717, 1.165) is 61.6 Å². The van der Waals surface area contributed by atoms with Gasteiger partial charge in [0.25, 0.3) is 5.91 Å². The molecule has 1 N–H and O–H groups in total. The number of nitrogens with one attached hydrogen (secondary N) is 1. The Labute approximate surface area is 162 Å². The third-order valence-corrected chi connectivity index (χ3v) is 5.47. The summed E-state index contributed by atoms with van der Waals surface area (Å²) in [6.45, 7) is 2.73. The smallest absolute Gasteiger partial charge is 0.253 e. The van der Waals surface area contributed by atoms with Crippen LogP contribution in [0.4, 0.5) is 0 Å². The molecule has 2 aliphatic rings. The molecular weight excluding hydrogens is 356 g/mol. The second-order valence-electron chi connectivity index (χ2n) is 7.29. The summed E-state index contributed by atoms with van der Waals surface area (Å²) in [7, 11) is 0. The quantitative estimate of drug-likeness (QED) is 0.755. The molecule has 1 saturated heterocycles. The minimum atomic E-state index is -0.147. The molecule has 0 aliphatic carbocycles. The van der Waals surface area contributed by atoms with Crippen molar-refractivity contribution in [2.45, 2.75) is 31.8 Å². The van der Waals surface area contributed by atoms with Crippen molar-refractivity contribution >= 4 is 17.1 Å². The van der Waals surface area contributed by atoms with E-state index in [9.17, 15) is 4.79 Å². The molecule has 4 heterocycles. The van der Waals surface area contributed by atoms with Crippen molar-refractivity contribution < 1.29 is 14.3 Å². The van der Waals surface area contributed by atoms with E-state index in [4.69, 9.17) is 9.47 Å². The zero-order valence-corrected chi connectivity index (χ0v) is 15.6. The summed E-state index contributed by atoms with van der Waals surface area (Å²) >= 11 is 0. The topological polar surface area (TPSA) is 78.3 Å². The van der Waals surface area contributed by atoms with Gasteiger partial charge >= 0.3 is 0 Å². The molecule has 28 heavy (non-hydrogen) atoms. The highest BCUT2D eigenvalue weighted by Gasteiger charge is 2.19. The number of pyridine rings is 1. The lowest BCUT2D eigenvalue weighted by molar-refractivity contribution is 0.0704. The molecule has 1 fully saturated rings. The molecule has 0 saturated carbocycles. The summed E-state index contributed by atoms with van der Waals surface area (Å²) in [6.07, 6.45) is 6.30. The molecule has 1 aromatic carbocycles. The first kappa shape index (κ1) is 17.2. The molecule has 2 aliphatic heterocycles. The van der Waals surface area contributed by atoms with Gasteiger partial charge in [-0.3, -0.25) is 4.79 Å². The van der Waals surface area contributed by atoms with Crippen LogP contribution >= 0.6 is 0 Å². The second kappa shape index (κ2) is 7.24. The van der Waals surface area contributed by atoms with E-state index < -0.39 is 0 Å². The Morgan fingerprint density at radius 3 is 2.96 bits per heavy atom. The molecule has 5 rings (SSSR count). The third-order valence-electron chi connectivity index (χ3n) is 5.47. The van der Waals surface area contributed by atoms with Gasteiger partial charge in [0.05, 0.1) is 18.5 Å². The molecule has 0 bridgehead atoms. The highest BCUT2D eigenvalue weighted by Crippen LogP contribution is 2.26. The SMILES string of the molecule is O=C(NCc1ccc2c(c1)CCO2)c1cnc2c(c1)ncn2C1CCOCC1. The highest BCUT2D eigenvalue weighted by molar-refractivity contribution is 5.96. The normalized spacial score (nSPS) is 16.7. The predicted octanol–water partition coefficient (Wildman–Crippen LogP) is 2.65. The van der Waals surface area contributed by atoms with Gasteiger partial charge < -0.3 is 19.4 Å². The van der Waals surface area contributed by atoms with Crippen LogP contribution in [-0.4, -0.2) is 40.3 Å². The van der Waals surface area contributed by atoms with Gasteiger partial charge in [0.1, 0.15) is 11.3 Å². The van der Waals surface area contributed by atoms with E-state index in [0.29, 0.717) is 18.2 Å². The van der Waals surface area contributed by atoms with Crippen molar-refractivity contribution in [1.29, 1.82) is 0 Å². The number of aromatic nitrogens is 3. The van der Waals surface area contributed by atoms with Crippen LogP contribution in [0.5, 0.6) is 5.75 Å². The van der Waals surface area contributed by atoms with E-state index >= 15 is 0 Å². The van der Waals surface area contributed by atoms with Gasteiger partial charge in [-0.1, -0.05) is 12.1 Å². The molecule has 0 radical (unpaired) electrons. The lowest BCUT2D eigenvalue weighted by atomic mass is 10.1. The Balaban J connectivity index is 1.29. The van der Waals surface area contributed by atoms with Crippen LogP contribution in [0.25, 0.3) is 11.2 Å². The van der Waals surface area contributed by atoms with Crippen molar-refractivity contribution in [2.24, 2.45) is 0 Å². The summed E-state index contributed by atoms with van der Waals surface area (Å²) in [6, 6.07) is 8.22. The maximum atomic E-state index is 12.6. The van der Waals surface area contributed by atoms with Crippen molar-refractivity contribution in [3.63, 3.8) is 0 Å². The van der Waals surface area contributed by atoms with Gasteiger partial charge in [0, 0.05) is 38.4 Å². The average molecular weight is 378 g/mol. The monoisotopic (exact) mass is 378 g/mol. The Kier molecular flexibility index (Phi) is 4.44. The number of ether oxygens (including phenoxy) is 2. The number of nitrogens with zero attached hydrogens (tertiary/aromatic N) is 3. The van der Waals surface area contributed by atoms with Crippen molar-refractivity contribution in [2.75, 3.05) is 19.8 Å². The Bertz CT molecular complexity index is 1020. The third kappa shape index (κ3) is 3.22. The minimum absolute atomic E-state index is 0.147. The highest BCUT2D eigenvalue weighted by atomic mass is 16.5. The molecule has 1 amide bonds. The molecule has 3 aromatic rings. The maximum absolute atomic E-state index is 12.6. The first-order valence-corrected chi connectivity index (χ1v) is 9.71. The average Bonchev–Trinajstić information content (AvgIpc) is 3.38. The van der Waals surface area contributed by atoms with Crippen LogP contribution in [0.3, 0.4) is 0 Å². The van der Waals surface area contributed by atoms with Crippen LogP contribution in [0.15, 0.2) is 36.8 Å². The van der Waals surface area contributed by atoms with E-state index in [1.54, 1.807) is 6.20 Å². The van der Waals surface area contributed by atoms with Crippen LogP contribution in [-0.2, 0) is 17.7 Å².